The van der Waals surface area contributed by atoms with E-state index in [4.69, 9.17) is 4.74 Å². The Hall–Kier alpha value is -2.11. The molecule has 1 fully saturated rings. The van der Waals surface area contributed by atoms with Crippen LogP contribution in [0.5, 0.6) is 5.75 Å². The Morgan fingerprint density at radius 3 is 2.32 bits per heavy atom. The minimum absolute atomic E-state index is 0.197. The maximum atomic E-state index is 12.9. The van der Waals surface area contributed by atoms with Crippen LogP contribution in [-0.2, 0) is 10.0 Å². The molecule has 2 aromatic carbocycles. The molecule has 1 saturated heterocycles. The van der Waals surface area contributed by atoms with Crippen molar-refractivity contribution in [2.45, 2.75) is 18.7 Å². The fourth-order valence-electron chi connectivity index (χ4n) is 2.99. The van der Waals surface area contributed by atoms with Crippen LogP contribution in [0.1, 0.15) is 18.1 Å². The van der Waals surface area contributed by atoms with Crippen LogP contribution >= 0.6 is 0 Å². The summed E-state index contributed by atoms with van der Waals surface area (Å²) in [6.45, 7) is 4.96. The molecular formula is C20H23NO3S. The van der Waals surface area contributed by atoms with Crippen molar-refractivity contribution in [2.24, 2.45) is 5.92 Å². The van der Waals surface area contributed by atoms with Gasteiger partial charge in [0.05, 0.1) is 12.0 Å². The molecule has 1 aliphatic heterocycles. The van der Waals surface area contributed by atoms with Gasteiger partial charge in [-0.2, -0.15) is 4.31 Å². The van der Waals surface area contributed by atoms with Crippen LogP contribution in [0.4, 0.5) is 0 Å². The van der Waals surface area contributed by atoms with Gasteiger partial charge in [-0.25, -0.2) is 8.42 Å². The van der Waals surface area contributed by atoms with Crippen molar-refractivity contribution in [1.29, 1.82) is 0 Å². The molecule has 1 unspecified atom stereocenters. The van der Waals surface area contributed by atoms with Gasteiger partial charge in [0.2, 0.25) is 10.0 Å². The van der Waals surface area contributed by atoms with Crippen molar-refractivity contribution >= 4 is 16.1 Å². The zero-order valence-electron chi connectivity index (χ0n) is 14.8. The smallest absolute Gasteiger partial charge is 0.243 e. The molecule has 5 heteroatoms. The Bertz CT molecular complexity index is 868. The van der Waals surface area contributed by atoms with E-state index in [9.17, 15) is 8.42 Å². The van der Waals surface area contributed by atoms with E-state index in [1.54, 1.807) is 23.5 Å². The van der Waals surface area contributed by atoms with Gasteiger partial charge >= 0.3 is 0 Å². The van der Waals surface area contributed by atoms with E-state index in [1.807, 2.05) is 43.3 Å². The van der Waals surface area contributed by atoms with Crippen molar-refractivity contribution in [1.82, 2.24) is 4.31 Å². The Morgan fingerprint density at radius 2 is 1.72 bits per heavy atom. The number of nitrogens with zero attached hydrogens (tertiary/aromatic N) is 1. The van der Waals surface area contributed by atoms with Crippen molar-refractivity contribution < 1.29 is 13.2 Å². The second kappa shape index (κ2) is 7.02. The molecule has 0 bridgehead atoms. The third-order valence-electron chi connectivity index (χ3n) is 4.60. The molecule has 0 radical (unpaired) electrons. The lowest BCUT2D eigenvalue weighted by Gasteiger charge is -2.15. The van der Waals surface area contributed by atoms with Gasteiger partial charge in [-0.1, -0.05) is 48.4 Å². The van der Waals surface area contributed by atoms with Crippen molar-refractivity contribution in [3.8, 4) is 5.75 Å². The summed E-state index contributed by atoms with van der Waals surface area (Å²) >= 11 is 0. The lowest BCUT2D eigenvalue weighted by molar-refractivity contribution is 0.415. The summed E-state index contributed by atoms with van der Waals surface area (Å²) in [5.74, 6) is 1.01. The van der Waals surface area contributed by atoms with Crippen molar-refractivity contribution in [3.05, 3.63) is 65.2 Å². The quantitative estimate of drug-likeness (QED) is 0.838. The summed E-state index contributed by atoms with van der Waals surface area (Å²) in [6.07, 6.45) is 2.08. The molecule has 1 atom stereocenters. The van der Waals surface area contributed by atoms with Gasteiger partial charge in [0.25, 0.3) is 0 Å². The maximum absolute atomic E-state index is 12.9. The van der Waals surface area contributed by atoms with E-state index in [0.717, 1.165) is 22.4 Å². The molecular weight excluding hydrogens is 334 g/mol. The second-order valence-corrected chi connectivity index (χ2v) is 8.44. The molecule has 25 heavy (non-hydrogen) atoms. The number of sulfonamides is 1. The van der Waals surface area contributed by atoms with Crippen LogP contribution in [0.2, 0.25) is 0 Å². The number of rotatable bonds is 4. The summed E-state index contributed by atoms with van der Waals surface area (Å²) < 4.78 is 32.4. The highest BCUT2D eigenvalue weighted by molar-refractivity contribution is 7.89. The van der Waals surface area contributed by atoms with E-state index >= 15 is 0 Å². The number of benzene rings is 2. The van der Waals surface area contributed by atoms with Crippen LogP contribution in [0.15, 0.2) is 59.0 Å². The average molecular weight is 357 g/mol. The standard InChI is InChI=1S/C20H23NO3S/c1-15-4-10-20(11-5-15)25(22,23)21-13-16(2)18(14-21)12-17-6-8-19(24-3)9-7-17/h4-12,16H,13-14H2,1-3H3/b18-12+. The molecule has 0 saturated carbocycles. The van der Waals surface area contributed by atoms with E-state index in [1.165, 1.54) is 0 Å². The Labute approximate surface area is 149 Å². The first-order chi connectivity index (χ1) is 11.9. The third kappa shape index (κ3) is 3.78. The SMILES string of the molecule is COc1ccc(/C=C2\CN(S(=O)(=O)c3ccc(C)cc3)CC2C)cc1. The number of hydrogen-bond donors (Lipinski definition) is 0. The van der Waals surface area contributed by atoms with Gasteiger partial charge in [-0.3, -0.25) is 0 Å². The zero-order valence-corrected chi connectivity index (χ0v) is 15.6. The molecule has 0 spiro atoms. The zero-order chi connectivity index (χ0) is 18.0. The summed E-state index contributed by atoms with van der Waals surface area (Å²) in [7, 11) is -1.81. The summed E-state index contributed by atoms with van der Waals surface area (Å²) in [4.78, 5) is 0.357. The molecule has 2 aromatic rings. The van der Waals surface area contributed by atoms with Gasteiger partial charge in [-0.15, -0.1) is 0 Å². The largest absolute Gasteiger partial charge is 0.497 e. The summed E-state index contributed by atoms with van der Waals surface area (Å²) in [5, 5.41) is 0. The van der Waals surface area contributed by atoms with Crippen molar-refractivity contribution in [2.75, 3.05) is 20.2 Å². The monoisotopic (exact) mass is 357 g/mol. The van der Waals surface area contributed by atoms with E-state index in [0.29, 0.717) is 18.0 Å². The third-order valence-corrected chi connectivity index (χ3v) is 6.42. The number of ether oxygens (including phenoxy) is 1. The normalized spacial score (nSPS) is 20.1. The first-order valence-electron chi connectivity index (χ1n) is 8.31. The number of hydrogen-bond acceptors (Lipinski definition) is 3. The van der Waals surface area contributed by atoms with Gasteiger partial charge < -0.3 is 4.74 Å². The van der Waals surface area contributed by atoms with Gasteiger partial charge in [0.1, 0.15) is 5.75 Å². The predicted molar refractivity (Wildman–Crippen MR) is 100 cm³/mol. The van der Waals surface area contributed by atoms with E-state index in [-0.39, 0.29) is 5.92 Å². The van der Waals surface area contributed by atoms with Crippen LogP contribution in [-0.4, -0.2) is 32.9 Å². The van der Waals surface area contributed by atoms with Crippen LogP contribution in [0.25, 0.3) is 6.08 Å². The lowest BCUT2D eigenvalue weighted by Crippen LogP contribution is -2.28. The van der Waals surface area contributed by atoms with Crippen LogP contribution < -0.4 is 4.74 Å². The summed E-state index contributed by atoms with van der Waals surface area (Å²) in [5.41, 5.74) is 3.23. The number of methoxy groups -OCH3 is 1. The molecule has 3 rings (SSSR count). The Morgan fingerprint density at radius 1 is 1.08 bits per heavy atom. The fourth-order valence-corrected chi connectivity index (χ4v) is 4.51. The maximum Gasteiger partial charge on any atom is 0.243 e. The first kappa shape index (κ1) is 17.7. The molecule has 0 aromatic heterocycles. The second-order valence-electron chi connectivity index (χ2n) is 6.50. The highest BCUT2D eigenvalue weighted by atomic mass is 32.2. The molecule has 1 aliphatic rings. The van der Waals surface area contributed by atoms with E-state index < -0.39 is 10.0 Å². The highest BCUT2D eigenvalue weighted by Gasteiger charge is 2.33. The lowest BCUT2D eigenvalue weighted by atomic mass is 10.0. The molecule has 0 N–H and O–H groups in total. The minimum Gasteiger partial charge on any atom is -0.497 e. The molecule has 132 valence electrons. The van der Waals surface area contributed by atoms with Gasteiger partial charge in [0, 0.05) is 13.1 Å². The van der Waals surface area contributed by atoms with Gasteiger partial charge in [0.15, 0.2) is 0 Å². The minimum atomic E-state index is -3.45. The van der Waals surface area contributed by atoms with Crippen molar-refractivity contribution in [3.63, 3.8) is 0 Å². The van der Waals surface area contributed by atoms with Crippen LogP contribution in [0, 0.1) is 12.8 Å². The molecule has 0 amide bonds. The van der Waals surface area contributed by atoms with E-state index in [2.05, 4.69) is 13.0 Å². The first-order valence-corrected chi connectivity index (χ1v) is 9.75. The Kier molecular flexibility index (Phi) is 4.97. The fraction of sp³-hybridized carbons (Fsp3) is 0.300. The average Bonchev–Trinajstić information content (AvgIpc) is 2.97. The summed E-state index contributed by atoms with van der Waals surface area (Å²) in [6, 6.07) is 14.8. The Balaban J connectivity index is 1.82. The van der Waals surface area contributed by atoms with Gasteiger partial charge in [-0.05, 0) is 42.7 Å². The molecule has 4 nitrogen and oxygen atoms in total. The molecule has 0 aliphatic carbocycles. The number of aryl methyl sites for hydroxylation is 1. The predicted octanol–water partition coefficient (Wildman–Crippen LogP) is 3.73. The highest BCUT2D eigenvalue weighted by Crippen LogP contribution is 2.29. The molecule has 1 heterocycles. The van der Waals surface area contributed by atoms with Crippen LogP contribution in [0.3, 0.4) is 0 Å². The topological polar surface area (TPSA) is 46.6 Å².